The molecule has 0 aliphatic carbocycles. The first-order valence-corrected chi connectivity index (χ1v) is 7.68. The molecular weight excluding hydrogens is 340 g/mol. The van der Waals surface area contributed by atoms with Crippen molar-refractivity contribution >= 4 is 23.4 Å². The van der Waals surface area contributed by atoms with Crippen molar-refractivity contribution in [2.75, 3.05) is 13.7 Å². The number of nitro benzene ring substituents is 1. The number of hydrogen-bond donors (Lipinski definition) is 1. The Morgan fingerprint density at radius 3 is 2.71 bits per heavy atom. The number of thioether (sulfide) groups is 1. The van der Waals surface area contributed by atoms with Crippen LogP contribution in [0.3, 0.4) is 0 Å². The molecule has 9 nitrogen and oxygen atoms in total. The van der Waals surface area contributed by atoms with Crippen LogP contribution in [0.5, 0.6) is 0 Å². The fourth-order valence-electron chi connectivity index (χ4n) is 2.20. The Balaban J connectivity index is 1.97. The number of aliphatic hydroxyl groups excluding tert-OH is 1. The van der Waals surface area contributed by atoms with Crippen molar-refractivity contribution in [1.29, 1.82) is 5.26 Å². The Bertz CT molecular complexity index is 646. The Kier molecular flexibility index (Phi) is 6.10. The third-order valence-corrected chi connectivity index (χ3v) is 4.36. The van der Waals surface area contributed by atoms with Crippen LogP contribution < -0.4 is 0 Å². The summed E-state index contributed by atoms with van der Waals surface area (Å²) in [5.41, 5.74) is 0.00847. The number of aliphatic hydroxyl groups is 1. The molecule has 1 aliphatic rings. The number of carbonyl (C=O) groups excluding carboxylic acids is 1. The Hall–Kier alpha value is -2.19. The minimum Gasteiger partial charge on any atom is -0.459 e. The van der Waals surface area contributed by atoms with Crippen molar-refractivity contribution in [2.24, 2.45) is 0 Å². The van der Waals surface area contributed by atoms with Gasteiger partial charge in [0.2, 0.25) is 0 Å². The van der Waals surface area contributed by atoms with E-state index in [4.69, 9.17) is 19.5 Å². The molecule has 1 aliphatic heterocycles. The van der Waals surface area contributed by atoms with E-state index >= 15 is 0 Å². The maximum Gasteiger partial charge on any atom is 0.338 e. The van der Waals surface area contributed by atoms with Gasteiger partial charge >= 0.3 is 5.97 Å². The van der Waals surface area contributed by atoms with E-state index in [1.54, 1.807) is 0 Å². The molecule has 0 bridgehead atoms. The molecule has 1 fully saturated rings. The third kappa shape index (κ3) is 4.01. The molecule has 0 saturated carbocycles. The van der Waals surface area contributed by atoms with Gasteiger partial charge in [0.25, 0.3) is 5.69 Å². The summed E-state index contributed by atoms with van der Waals surface area (Å²) in [5.74, 6) is -0.690. The molecule has 1 aromatic carbocycles. The van der Waals surface area contributed by atoms with Crippen LogP contribution in [-0.2, 0) is 14.2 Å². The summed E-state index contributed by atoms with van der Waals surface area (Å²) >= 11 is 0.811. The molecule has 4 atom stereocenters. The molecule has 1 aromatic rings. The van der Waals surface area contributed by atoms with Crippen LogP contribution in [-0.4, -0.2) is 53.5 Å². The van der Waals surface area contributed by atoms with Gasteiger partial charge in [-0.2, -0.15) is 5.26 Å². The van der Waals surface area contributed by atoms with E-state index in [9.17, 15) is 20.0 Å². The number of nitro groups is 1. The van der Waals surface area contributed by atoms with Gasteiger partial charge in [-0.25, -0.2) is 4.79 Å². The number of hydrogen-bond acceptors (Lipinski definition) is 9. The monoisotopic (exact) mass is 354 g/mol. The van der Waals surface area contributed by atoms with Gasteiger partial charge in [0, 0.05) is 19.2 Å². The van der Waals surface area contributed by atoms with Crippen molar-refractivity contribution in [1.82, 2.24) is 0 Å². The molecular formula is C14H14N2O7S. The number of benzene rings is 1. The van der Waals surface area contributed by atoms with Crippen LogP contribution in [0.15, 0.2) is 24.3 Å². The lowest BCUT2D eigenvalue weighted by atomic mass is 10.2. The number of rotatable bonds is 6. The number of thiocyanates is 1. The zero-order chi connectivity index (χ0) is 17.7. The van der Waals surface area contributed by atoms with E-state index in [2.05, 4.69) is 0 Å². The highest BCUT2D eigenvalue weighted by atomic mass is 32.2. The van der Waals surface area contributed by atoms with Crippen molar-refractivity contribution in [3.63, 3.8) is 0 Å². The second kappa shape index (κ2) is 8.07. The van der Waals surface area contributed by atoms with Crippen LogP contribution in [0.1, 0.15) is 10.4 Å². The molecule has 128 valence electrons. The summed E-state index contributed by atoms with van der Waals surface area (Å²) in [7, 11) is 1.35. The number of non-ortho nitro benzene ring substituents is 1. The maximum atomic E-state index is 12.0. The number of esters is 1. The average Bonchev–Trinajstić information content (AvgIpc) is 2.89. The van der Waals surface area contributed by atoms with Gasteiger partial charge in [-0.05, 0) is 23.9 Å². The summed E-state index contributed by atoms with van der Waals surface area (Å²) in [4.78, 5) is 22.0. The molecule has 0 spiro atoms. The number of ether oxygens (including phenoxy) is 3. The van der Waals surface area contributed by atoms with Crippen LogP contribution in [0.25, 0.3) is 0 Å². The van der Waals surface area contributed by atoms with Crippen LogP contribution >= 0.6 is 11.8 Å². The van der Waals surface area contributed by atoms with E-state index in [-0.39, 0.29) is 17.9 Å². The second-order valence-corrected chi connectivity index (χ2v) is 5.81. The molecule has 4 unspecified atom stereocenters. The van der Waals surface area contributed by atoms with Crippen LogP contribution in [0, 0.1) is 20.8 Å². The SMILES string of the molecule is COC1OC(COC(=O)c2ccc([N+](=O)[O-])cc2)C(SC#N)C1O. The van der Waals surface area contributed by atoms with Gasteiger partial charge in [-0.3, -0.25) is 10.1 Å². The van der Waals surface area contributed by atoms with Crippen molar-refractivity contribution in [3.8, 4) is 5.40 Å². The summed E-state index contributed by atoms with van der Waals surface area (Å²) in [6, 6.07) is 4.96. The first-order chi connectivity index (χ1) is 11.5. The zero-order valence-electron chi connectivity index (χ0n) is 12.5. The van der Waals surface area contributed by atoms with Gasteiger partial charge in [-0.15, -0.1) is 0 Å². The predicted octanol–water partition coefficient (Wildman–Crippen LogP) is 1.07. The molecule has 0 aromatic heterocycles. The molecule has 1 N–H and O–H groups in total. The van der Waals surface area contributed by atoms with E-state index in [1.165, 1.54) is 31.4 Å². The third-order valence-electron chi connectivity index (χ3n) is 3.40. The van der Waals surface area contributed by atoms with Crippen molar-refractivity contribution in [2.45, 2.75) is 23.7 Å². The highest BCUT2D eigenvalue weighted by Gasteiger charge is 2.45. The van der Waals surface area contributed by atoms with Gasteiger partial charge < -0.3 is 19.3 Å². The number of carbonyl (C=O) groups is 1. The molecule has 0 radical (unpaired) electrons. The van der Waals surface area contributed by atoms with Gasteiger partial charge in [-0.1, -0.05) is 0 Å². The summed E-state index contributed by atoms with van der Waals surface area (Å²) in [6.07, 6.45) is -2.64. The van der Waals surface area contributed by atoms with E-state index < -0.39 is 34.6 Å². The smallest absolute Gasteiger partial charge is 0.338 e. The normalized spacial score (nSPS) is 25.9. The first kappa shape index (κ1) is 18.2. The Morgan fingerprint density at radius 2 is 2.17 bits per heavy atom. The minimum atomic E-state index is -1.03. The molecule has 1 heterocycles. The highest BCUT2D eigenvalue weighted by Crippen LogP contribution is 2.31. The molecule has 24 heavy (non-hydrogen) atoms. The number of nitrogens with zero attached hydrogens (tertiary/aromatic N) is 2. The van der Waals surface area contributed by atoms with E-state index in [0.29, 0.717) is 0 Å². The summed E-state index contributed by atoms with van der Waals surface area (Å²) in [6.45, 7) is -0.188. The molecule has 10 heteroatoms. The summed E-state index contributed by atoms with van der Waals surface area (Å²) in [5, 5.41) is 30.6. The Morgan fingerprint density at radius 1 is 1.50 bits per heavy atom. The maximum absolute atomic E-state index is 12.0. The molecule has 1 saturated heterocycles. The highest BCUT2D eigenvalue weighted by molar-refractivity contribution is 8.04. The van der Waals surface area contributed by atoms with Gasteiger partial charge in [0.05, 0.1) is 15.7 Å². The van der Waals surface area contributed by atoms with Gasteiger partial charge in [0.15, 0.2) is 6.29 Å². The summed E-state index contributed by atoms with van der Waals surface area (Å²) < 4.78 is 15.5. The van der Waals surface area contributed by atoms with Crippen molar-refractivity contribution in [3.05, 3.63) is 39.9 Å². The largest absolute Gasteiger partial charge is 0.459 e. The lowest BCUT2D eigenvalue weighted by Crippen LogP contribution is -2.32. The van der Waals surface area contributed by atoms with Crippen LogP contribution in [0.4, 0.5) is 5.69 Å². The Labute approximate surface area is 141 Å². The lowest BCUT2D eigenvalue weighted by molar-refractivity contribution is -0.384. The van der Waals surface area contributed by atoms with E-state index in [1.807, 2.05) is 5.40 Å². The minimum absolute atomic E-state index is 0.137. The molecule has 0 amide bonds. The van der Waals surface area contributed by atoms with Crippen molar-refractivity contribution < 1.29 is 29.0 Å². The number of methoxy groups -OCH3 is 1. The van der Waals surface area contributed by atoms with E-state index in [0.717, 1.165) is 11.8 Å². The zero-order valence-corrected chi connectivity index (χ0v) is 13.3. The van der Waals surface area contributed by atoms with Gasteiger partial charge in [0.1, 0.15) is 24.2 Å². The predicted molar refractivity (Wildman–Crippen MR) is 82.0 cm³/mol. The fourth-order valence-corrected chi connectivity index (χ4v) is 2.88. The standard InChI is InChI=1S/C14H14N2O7S/c1-21-14-11(17)12(24-7-15)10(23-14)6-22-13(18)8-2-4-9(5-3-8)16(19)20/h2-5,10-12,14,17H,6H2,1H3. The first-order valence-electron chi connectivity index (χ1n) is 6.80. The molecule has 2 rings (SSSR count). The van der Waals surface area contributed by atoms with Crippen LogP contribution in [0.2, 0.25) is 0 Å². The topological polar surface area (TPSA) is 132 Å². The second-order valence-electron chi connectivity index (χ2n) is 4.85. The fraction of sp³-hybridized carbons (Fsp3) is 0.429. The lowest BCUT2D eigenvalue weighted by Gasteiger charge is -2.16. The quantitative estimate of drug-likeness (QED) is 0.345. The average molecular weight is 354 g/mol. The number of nitriles is 1.